The summed E-state index contributed by atoms with van der Waals surface area (Å²) in [4.78, 5) is 2.33. The van der Waals surface area contributed by atoms with Gasteiger partial charge in [0.2, 0.25) is 0 Å². The minimum absolute atomic E-state index is 0.300. The van der Waals surface area contributed by atoms with E-state index in [1.807, 2.05) is 18.2 Å². The lowest BCUT2D eigenvalue weighted by Gasteiger charge is -2.23. The Morgan fingerprint density at radius 2 is 1.82 bits per heavy atom. The first kappa shape index (κ1) is 14.9. The monoisotopic (exact) mass is 299 g/mol. The minimum atomic E-state index is 0.300. The summed E-state index contributed by atoms with van der Waals surface area (Å²) in [5.74, 6) is 1.51. The summed E-state index contributed by atoms with van der Waals surface area (Å²) >= 11 is 0. The highest BCUT2D eigenvalue weighted by atomic mass is 16.5. The van der Waals surface area contributed by atoms with Crippen molar-refractivity contribution in [2.24, 2.45) is 0 Å². The number of methoxy groups -OCH3 is 2. The molecule has 0 radical (unpaired) electrons. The minimum Gasteiger partial charge on any atom is -0.493 e. The number of benzene rings is 2. The van der Waals surface area contributed by atoms with E-state index < -0.39 is 0 Å². The fourth-order valence-corrected chi connectivity index (χ4v) is 2.83. The predicted octanol–water partition coefficient (Wildman–Crippen LogP) is 3.23. The van der Waals surface area contributed by atoms with Crippen LogP contribution in [0.25, 0.3) is 0 Å². The van der Waals surface area contributed by atoms with Crippen LogP contribution in [-0.4, -0.2) is 32.5 Å². The number of nitrogens with zero attached hydrogens (tertiary/aromatic N) is 1. The standard InChI is InChI=1S/C18H21NO3/c1-20-17-9-8-14(10-18(17)21-2)11-19-13-22-12-16(19)15-6-4-3-5-7-15/h3-10,16H,11-13H2,1-2H3/t16-/m1/s1. The second-order valence-electron chi connectivity index (χ2n) is 5.36. The van der Waals surface area contributed by atoms with Gasteiger partial charge in [-0.2, -0.15) is 0 Å². The van der Waals surface area contributed by atoms with Crippen LogP contribution in [0.15, 0.2) is 48.5 Å². The van der Waals surface area contributed by atoms with Gasteiger partial charge in [-0.25, -0.2) is 0 Å². The zero-order chi connectivity index (χ0) is 15.4. The number of hydrogen-bond acceptors (Lipinski definition) is 4. The van der Waals surface area contributed by atoms with Gasteiger partial charge in [-0.05, 0) is 23.3 Å². The molecule has 1 aliphatic heterocycles. The van der Waals surface area contributed by atoms with Crippen LogP contribution in [0.4, 0.5) is 0 Å². The average molecular weight is 299 g/mol. The maximum absolute atomic E-state index is 5.67. The van der Waals surface area contributed by atoms with Crippen molar-refractivity contribution in [3.05, 3.63) is 59.7 Å². The van der Waals surface area contributed by atoms with E-state index >= 15 is 0 Å². The van der Waals surface area contributed by atoms with Gasteiger partial charge in [-0.15, -0.1) is 0 Å². The topological polar surface area (TPSA) is 30.9 Å². The molecule has 116 valence electrons. The molecule has 0 unspecified atom stereocenters. The summed E-state index contributed by atoms with van der Waals surface area (Å²) in [5.41, 5.74) is 2.48. The Hall–Kier alpha value is -2.04. The van der Waals surface area contributed by atoms with Crippen molar-refractivity contribution >= 4 is 0 Å². The van der Waals surface area contributed by atoms with Gasteiger partial charge in [0.05, 0.1) is 33.6 Å². The van der Waals surface area contributed by atoms with E-state index in [9.17, 15) is 0 Å². The molecule has 0 N–H and O–H groups in total. The fourth-order valence-electron chi connectivity index (χ4n) is 2.83. The van der Waals surface area contributed by atoms with Crippen LogP contribution in [0.5, 0.6) is 11.5 Å². The van der Waals surface area contributed by atoms with E-state index in [-0.39, 0.29) is 0 Å². The van der Waals surface area contributed by atoms with Crippen LogP contribution in [0.3, 0.4) is 0 Å². The number of hydrogen-bond donors (Lipinski definition) is 0. The van der Waals surface area contributed by atoms with Gasteiger partial charge < -0.3 is 14.2 Å². The SMILES string of the molecule is COc1ccc(CN2COC[C@@H]2c2ccccc2)cc1OC. The predicted molar refractivity (Wildman–Crippen MR) is 85.1 cm³/mol. The van der Waals surface area contributed by atoms with Crippen LogP contribution in [0.1, 0.15) is 17.2 Å². The molecular formula is C18H21NO3. The summed E-state index contributed by atoms with van der Waals surface area (Å²) in [6.45, 7) is 2.20. The van der Waals surface area contributed by atoms with Crippen molar-refractivity contribution in [3.63, 3.8) is 0 Å². The third-order valence-electron chi connectivity index (χ3n) is 3.99. The molecule has 0 saturated carbocycles. The maximum atomic E-state index is 5.67. The highest BCUT2D eigenvalue weighted by molar-refractivity contribution is 5.42. The summed E-state index contributed by atoms with van der Waals surface area (Å²) in [5, 5.41) is 0. The summed E-state index contributed by atoms with van der Waals surface area (Å²) < 4.78 is 16.3. The van der Waals surface area contributed by atoms with Crippen molar-refractivity contribution in [1.82, 2.24) is 4.90 Å². The second-order valence-corrected chi connectivity index (χ2v) is 5.36. The van der Waals surface area contributed by atoms with Crippen LogP contribution < -0.4 is 9.47 Å². The Morgan fingerprint density at radius 1 is 1.05 bits per heavy atom. The first-order valence-electron chi connectivity index (χ1n) is 7.39. The van der Waals surface area contributed by atoms with E-state index in [1.54, 1.807) is 14.2 Å². The highest BCUT2D eigenvalue weighted by Crippen LogP contribution is 2.31. The quantitative estimate of drug-likeness (QED) is 0.848. The van der Waals surface area contributed by atoms with Crippen LogP contribution in [0.2, 0.25) is 0 Å². The summed E-state index contributed by atoms with van der Waals surface area (Å²) in [7, 11) is 3.31. The molecule has 1 atom stereocenters. The second kappa shape index (κ2) is 6.81. The van der Waals surface area contributed by atoms with Crippen LogP contribution in [-0.2, 0) is 11.3 Å². The van der Waals surface area contributed by atoms with Gasteiger partial charge in [0.1, 0.15) is 0 Å². The zero-order valence-corrected chi connectivity index (χ0v) is 13.0. The van der Waals surface area contributed by atoms with Gasteiger partial charge >= 0.3 is 0 Å². The molecule has 22 heavy (non-hydrogen) atoms. The molecule has 0 bridgehead atoms. The number of ether oxygens (including phenoxy) is 3. The number of rotatable bonds is 5. The maximum Gasteiger partial charge on any atom is 0.161 e. The Morgan fingerprint density at radius 3 is 2.55 bits per heavy atom. The van der Waals surface area contributed by atoms with Gasteiger partial charge in [-0.3, -0.25) is 4.90 Å². The molecule has 0 aliphatic carbocycles. The Bertz CT molecular complexity index is 615. The molecular weight excluding hydrogens is 278 g/mol. The van der Waals surface area contributed by atoms with E-state index in [0.717, 1.165) is 24.7 Å². The summed E-state index contributed by atoms with van der Waals surface area (Å²) in [6, 6.07) is 16.8. The average Bonchev–Trinajstić information content (AvgIpc) is 3.03. The molecule has 4 nitrogen and oxygen atoms in total. The Balaban J connectivity index is 1.77. The molecule has 4 heteroatoms. The molecule has 1 aliphatic rings. The molecule has 1 fully saturated rings. The lowest BCUT2D eigenvalue weighted by Crippen LogP contribution is -2.23. The van der Waals surface area contributed by atoms with Crippen molar-refractivity contribution in [2.45, 2.75) is 12.6 Å². The van der Waals surface area contributed by atoms with Crippen molar-refractivity contribution < 1.29 is 14.2 Å². The fraction of sp³-hybridized carbons (Fsp3) is 0.333. The molecule has 0 aromatic heterocycles. The van der Waals surface area contributed by atoms with Crippen LogP contribution >= 0.6 is 0 Å². The van der Waals surface area contributed by atoms with Gasteiger partial charge in [-0.1, -0.05) is 36.4 Å². The van der Waals surface area contributed by atoms with Crippen LogP contribution in [0, 0.1) is 0 Å². The smallest absolute Gasteiger partial charge is 0.161 e. The largest absolute Gasteiger partial charge is 0.493 e. The first-order chi connectivity index (χ1) is 10.8. The zero-order valence-electron chi connectivity index (χ0n) is 13.0. The molecule has 1 heterocycles. The lowest BCUT2D eigenvalue weighted by atomic mass is 10.1. The van der Waals surface area contributed by atoms with Gasteiger partial charge in [0.25, 0.3) is 0 Å². The van der Waals surface area contributed by atoms with E-state index in [0.29, 0.717) is 12.8 Å². The molecule has 2 aromatic carbocycles. The Kier molecular flexibility index (Phi) is 4.61. The lowest BCUT2D eigenvalue weighted by molar-refractivity contribution is 0.134. The molecule has 2 aromatic rings. The molecule has 0 spiro atoms. The molecule has 0 amide bonds. The Labute approximate surface area is 131 Å². The van der Waals surface area contributed by atoms with Crippen molar-refractivity contribution in [1.29, 1.82) is 0 Å². The third-order valence-corrected chi connectivity index (χ3v) is 3.99. The first-order valence-corrected chi connectivity index (χ1v) is 7.39. The molecule has 3 rings (SSSR count). The normalized spacial score (nSPS) is 18.4. The van der Waals surface area contributed by atoms with E-state index in [1.165, 1.54) is 11.1 Å². The highest BCUT2D eigenvalue weighted by Gasteiger charge is 2.26. The van der Waals surface area contributed by atoms with Gasteiger partial charge in [0.15, 0.2) is 11.5 Å². The molecule has 1 saturated heterocycles. The van der Waals surface area contributed by atoms with E-state index in [2.05, 4.69) is 35.2 Å². The van der Waals surface area contributed by atoms with Crippen molar-refractivity contribution in [3.8, 4) is 11.5 Å². The van der Waals surface area contributed by atoms with E-state index in [4.69, 9.17) is 14.2 Å². The van der Waals surface area contributed by atoms with Gasteiger partial charge in [0, 0.05) is 6.54 Å². The van der Waals surface area contributed by atoms with Crippen molar-refractivity contribution in [2.75, 3.05) is 27.6 Å². The summed E-state index contributed by atoms with van der Waals surface area (Å²) in [6.07, 6.45) is 0. The third kappa shape index (κ3) is 3.08.